The quantitative estimate of drug-likeness (QED) is 0.786. The van der Waals surface area contributed by atoms with Crippen molar-refractivity contribution >= 4 is 34.6 Å². The van der Waals surface area contributed by atoms with E-state index in [1.165, 1.54) is 0 Å². The van der Waals surface area contributed by atoms with Crippen molar-refractivity contribution in [3.8, 4) is 0 Å². The van der Waals surface area contributed by atoms with Crippen molar-refractivity contribution in [3.63, 3.8) is 0 Å². The maximum atomic E-state index is 6.18. The van der Waals surface area contributed by atoms with Crippen molar-refractivity contribution in [2.45, 2.75) is 0 Å². The second kappa shape index (κ2) is 4.70. The van der Waals surface area contributed by atoms with Gasteiger partial charge in [-0.1, -0.05) is 23.2 Å². The van der Waals surface area contributed by atoms with Gasteiger partial charge in [0.1, 0.15) is 0 Å². The zero-order valence-electron chi connectivity index (χ0n) is 9.21. The number of nitrogen functional groups attached to an aromatic ring is 1. The molecule has 0 aliphatic carbocycles. The molecule has 5 heteroatoms. The van der Waals surface area contributed by atoms with Crippen LogP contribution in [0.5, 0.6) is 0 Å². The Bertz CT molecular complexity index is 364. The van der Waals surface area contributed by atoms with Crippen LogP contribution in [0.3, 0.4) is 0 Å². The van der Waals surface area contributed by atoms with E-state index < -0.39 is 0 Å². The maximum absolute atomic E-state index is 6.18. The number of rotatable bonds is 1. The van der Waals surface area contributed by atoms with E-state index in [1.54, 1.807) is 12.1 Å². The van der Waals surface area contributed by atoms with E-state index in [4.69, 9.17) is 28.9 Å². The second-order valence-electron chi connectivity index (χ2n) is 4.12. The standard InChI is InChI=1S/C11H15Cl2N3/c1-15-2-4-16(5-3-15)11-9(13)6-8(12)7-10(11)14/h6-7H,2-5,14H2,1H3. The van der Waals surface area contributed by atoms with Gasteiger partial charge in [-0.15, -0.1) is 0 Å². The topological polar surface area (TPSA) is 32.5 Å². The van der Waals surface area contributed by atoms with E-state index in [-0.39, 0.29) is 0 Å². The highest BCUT2D eigenvalue weighted by Crippen LogP contribution is 2.35. The van der Waals surface area contributed by atoms with Crippen molar-refractivity contribution in [1.29, 1.82) is 0 Å². The van der Waals surface area contributed by atoms with Crippen LogP contribution < -0.4 is 10.6 Å². The molecule has 1 fully saturated rings. The summed E-state index contributed by atoms with van der Waals surface area (Å²) in [5, 5.41) is 1.22. The molecule has 0 amide bonds. The summed E-state index contributed by atoms with van der Waals surface area (Å²) in [4.78, 5) is 4.50. The molecule has 1 aromatic carbocycles. The molecule has 1 aromatic rings. The molecule has 1 aliphatic heterocycles. The zero-order valence-corrected chi connectivity index (χ0v) is 10.7. The number of hydrogen-bond donors (Lipinski definition) is 1. The van der Waals surface area contributed by atoms with E-state index in [2.05, 4.69) is 16.8 Å². The first kappa shape index (κ1) is 11.8. The minimum Gasteiger partial charge on any atom is -0.397 e. The summed E-state index contributed by atoms with van der Waals surface area (Å²) in [5.41, 5.74) is 7.53. The summed E-state index contributed by atoms with van der Waals surface area (Å²) in [6, 6.07) is 3.49. The van der Waals surface area contributed by atoms with Crippen molar-refractivity contribution in [2.24, 2.45) is 0 Å². The summed E-state index contributed by atoms with van der Waals surface area (Å²) >= 11 is 12.1. The number of hydrogen-bond acceptors (Lipinski definition) is 3. The third kappa shape index (κ3) is 2.37. The van der Waals surface area contributed by atoms with Gasteiger partial charge in [0.05, 0.1) is 16.4 Å². The fourth-order valence-corrected chi connectivity index (χ4v) is 2.58. The molecule has 0 aromatic heterocycles. The molecule has 2 N–H and O–H groups in total. The fourth-order valence-electron chi connectivity index (χ4n) is 1.95. The lowest BCUT2D eigenvalue weighted by Gasteiger charge is -2.35. The summed E-state index contributed by atoms with van der Waals surface area (Å²) in [6.07, 6.45) is 0. The molecule has 3 nitrogen and oxygen atoms in total. The molecule has 1 aliphatic rings. The second-order valence-corrected chi connectivity index (χ2v) is 4.96. The van der Waals surface area contributed by atoms with Gasteiger partial charge in [-0.3, -0.25) is 0 Å². The Hall–Kier alpha value is -0.640. The summed E-state index contributed by atoms with van der Waals surface area (Å²) < 4.78 is 0. The van der Waals surface area contributed by atoms with Crippen LogP contribution in [0.1, 0.15) is 0 Å². The SMILES string of the molecule is CN1CCN(c2c(N)cc(Cl)cc2Cl)CC1. The molecule has 88 valence electrons. The fraction of sp³-hybridized carbons (Fsp3) is 0.455. The van der Waals surface area contributed by atoms with Gasteiger partial charge in [0, 0.05) is 31.2 Å². The van der Waals surface area contributed by atoms with Crippen molar-refractivity contribution < 1.29 is 0 Å². The number of benzene rings is 1. The Morgan fingerprint density at radius 2 is 1.75 bits per heavy atom. The first-order chi connectivity index (χ1) is 7.58. The predicted molar refractivity (Wildman–Crippen MR) is 70.6 cm³/mol. The number of anilines is 2. The van der Waals surface area contributed by atoms with E-state index in [0.717, 1.165) is 31.9 Å². The molecule has 2 rings (SSSR count). The molecule has 1 saturated heterocycles. The average molecular weight is 260 g/mol. The van der Waals surface area contributed by atoms with E-state index in [1.807, 2.05) is 0 Å². The molecule has 0 spiro atoms. The van der Waals surface area contributed by atoms with Crippen molar-refractivity contribution in [1.82, 2.24) is 4.90 Å². The predicted octanol–water partition coefficient (Wildman–Crippen LogP) is 2.33. The van der Waals surface area contributed by atoms with Gasteiger partial charge in [-0.05, 0) is 19.2 Å². The lowest BCUT2D eigenvalue weighted by Crippen LogP contribution is -2.44. The Morgan fingerprint density at radius 1 is 1.12 bits per heavy atom. The van der Waals surface area contributed by atoms with Crippen molar-refractivity contribution in [3.05, 3.63) is 22.2 Å². The van der Waals surface area contributed by atoms with Crippen LogP contribution in [0.2, 0.25) is 10.0 Å². The van der Waals surface area contributed by atoms with Gasteiger partial charge in [-0.2, -0.15) is 0 Å². The molecule has 0 bridgehead atoms. The monoisotopic (exact) mass is 259 g/mol. The molecule has 0 unspecified atom stereocenters. The van der Waals surface area contributed by atoms with Crippen molar-refractivity contribution in [2.75, 3.05) is 43.9 Å². The molecular weight excluding hydrogens is 245 g/mol. The Labute approximate surface area is 106 Å². The third-order valence-corrected chi connectivity index (χ3v) is 3.38. The third-order valence-electron chi connectivity index (χ3n) is 2.88. The smallest absolute Gasteiger partial charge is 0.0791 e. The molecule has 0 atom stereocenters. The van der Waals surface area contributed by atoms with Crippen LogP contribution in [0.4, 0.5) is 11.4 Å². The highest BCUT2D eigenvalue weighted by Gasteiger charge is 2.19. The van der Waals surface area contributed by atoms with Crippen LogP contribution >= 0.6 is 23.2 Å². The molecule has 16 heavy (non-hydrogen) atoms. The molecule has 1 heterocycles. The minimum atomic E-state index is 0.584. The van der Waals surface area contributed by atoms with Gasteiger partial charge >= 0.3 is 0 Å². The summed E-state index contributed by atoms with van der Waals surface area (Å²) in [6.45, 7) is 3.95. The Kier molecular flexibility index (Phi) is 3.47. The van der Waals surface area contributed by atoms with Gasteiger partial charge in [0.2, 0.25) is 0 Å². The number of nitrogens with zero attached hydrogens (tertiary/aromatic N) is 2. The van der Waals surface area contributed by atoms with Gasteiger partial charge in [0.25, 0.3) is 0 Å². The molecule has 0 radical (unpaired) electrons. The van der Waals surface area contributed by atoms with Gasteiger partial charge < -0.3 is 15.5 Å². The average Bonchev–Trinajstić information content (AvgIpc) is 2.19. The lowest BCUT2D eigenvalue weighted by molar-refractivity contribution is 0.313. The molecular formula is C11H15Cl2N3. The van der Waals surface area contributed by atoms with Gasteiger partial charge in [-0.25, -0.2) is 0 Å². The van der Waals surface area contributed by atoms with Crippen LogP contribution in [-0.2, 0) is 0 Å². The Morgan fingerprint density at radius 3 is 2.31 bits per heavy atom. The van der Waals surface area contributed by atoms with E-state index >= 15 is 0 Å². The van der Waals surface area contributed by atoms with Crippen LogP contribution in [0.15, 0.2) is 12.1 Å². The minimum absolute atomic E-state index is 0.584. The summed E-state index contributed by atoms with van der Waals surface area (Å²) in [5.74, 6) is 0. The van der Waals surface area contributed by atoms with E-state index in [9.17, 15) is 0 Å². The molecule has 0 saturated carbocycles. The highest BCUT2D eigenvalue weighted by atomic mass is 35.5. The van der Waals surface area contributed by atoms with Crippen LogP contribution in [-0.4, -0.2) is 38.1 Å². The van der Waals surface area contributed by atoms with E-state index in [0.29, 0.717) is 15.7 Å². The number of likely N-dealkylation sites (N-methyl/N-ethyl adjacent to an activating group) is 1. The van der Waals surface area contributed by atoms with Gasteiger partial charge in [0.15, 0.2) is 0 Å². The van der Waals surface area contributed by atoms with Crippen LogP contribution in [0, 0.1) is 0 Å². The van der Waals surface area contributed by atoms with Crippen LogP contribution in [0.25, 0.3) is 0 Å². The normalized spacial score (nSPS) is 17.8. The number of nitrogens with two attached hydrogens (primary N) is 1. The summed E-state index contributed by atoms with van der Waals surface area (Å²) in [7, 11) is 2.12. The lowest BCUT2D eigenvalue weighted by atomic mass is 10.2. The maximum Gasteiger partial charge on any atom is 0.0791 e. The largest absolute Gasteiger partial charge is 0.397 e. The number of halogens is 2. The zero-order chi connectivity index (χ0) is 11.7. The number of piperazine rings is 1. The highest BCUT2D eigenvalue weighted by molar-refractivity contribution is 6.37. The first-order valence-corrected chi connectivity index (χ1v) is 6.01. The first-order valence-electron chi connectivity index (χ1n) is 5.26. The Balaban J connectivity index is 2.26.